The summed E-state index contributed by atoms with van der Waals surface area (Å²) in [6, 6.07) is 16.8. The predicted octanol–water partition coefficient (Wildman–Crippen LogP) is 3.34. The van der Waals surface area contributed by atoms with Crippen molar-refractivity contribution in [3.8, 4) is 0 Å². The van der Waals surface area contributed by atoms with Gasteiger partial charge in [-0.1, -0.05) is 18.2 Å². The zero-order valence-corrected chi connectivity index (χ0v) is 21.0. The second-order valence-corrected chi connectivity index (χ2v) is 10.4. The van der Waals surface area contributed by atoms with Crippen LogP contribution in [0.1, 0.15) is 26.3 Å². The maximum atomic E-state index is 13.2. The van der Waals surface area contributed by atoms with Gasteiger partial charge in [-0.2, -0.15) is 0 Å². The van der Waals surface area contributed by atoms with E-state index in [0.29, 0.717) is 54.1 Å². The van der Waals surface area contributed by atoms with Gasteiger partial charge in [0.1, 0.15) is 4.90 Å². The molecule has 5 rings (SSSR count). The Hall–Kier alpha value is -4.31. The Kier molecular flexibility index (Phi) is 6.58. The smallest absolute Gasteiger partial charge is 0.264 e. The number of carbonyl (C=O) groups is 2. The maximum Gasteiger partial charge on any atom is 0.264 e. The van der Waals surface area contributed by atoms with Crippen molar-refractivity contribution in [1.82, 2.24) is 19.8 Å². The normalized spacial score (nSPS) is 14.0. The number of nitrogens with zero attached hydrogens (tertiary/aromatic N) is 4. The third-order valence-electron chi connectivity index (χ3n) is 6.38. The molecular weight excluding hydrogens is 490 g/mol. The van der Waals surface area contributed by atoms with Crippen molar-refractivity contribution in [2.75, 3.05) is 30.9 Å². The molecule has 0 atom stereocenters. The standard InChI is InChI=1S/C27H25N5O4S/c1-19-18-22(27(34)32-16-14-31(15-17-32)26(33)21-9-12-28-13-10-21)7-8-23(19)30-37(35,36)24-6-2-4-20-5-3-11-29-25(20)24/h2-13,18,30H,14-17H2,1H3. The monoisotopic (exact) mass is 515 g/mol. The molecule has 37 heavy (non-hydrogen) atoms. The van der Waals surface area contributed by atoms with Crippen LogP contribution in [0.3, 0.4) is 0 Å². The fourth-order valence-electron chi connectivity index (χ4n) is 4.38. The van der Waals surface area contributed by atoms with Crippen LogP contribution in [0.5, 0.6) is 0 Å². The third-order valence-corrected chi connectivity index (χ3v) is 7.78. The van der Waals surface area contributed by atoms with E-state index < -0.39 is 10.0 Å². The van der Waals surface area contributed by atoms with E-state index in [4.69, 9.17) is 0 Å². The largest absolute Gasteiger partial charge is 0.335 e. The highest BCUT2D eigenvalue weighted by molar-refractivity contribution is 7.93. The molecule has 0 saturated carbocycles. The molecular formula is C27H25N5O4S. The van der Waals surface area contributed by atoms with Crippen LogP contribution in [0.4, 0.5) is 5.69 Å². The molecule has 1 aliphatic heterocycles. The summed E-state index contributed by atoms with van der Waals surface area (Å²) < 4.78 is 29.0. The number of pyridine rings is 2. The van der Waals surface area contributed by atoms with Gasteiger partial charge in [0.2, 0.25) is 0 Å². The van der Waals surface area contributed by atoms with Gasteiger partial charge in [-0.25, -0.2) is 8.42 Å². The molecule has 0 unspecified atom stereocenters. The summed E-state index contributed by atoms with van der Waals surface area (Å²) in [6.45, 7) is 3.45. The molecule has 0 radical (unpaired) electrons. The number of nitrogens with one attached hydrogen (secondary N) is 1. The van der Waals surface area contributed by atoms with Crippen molar-refractivity contribution < 1.29 is 18.0 Å². The molecule has 0 spiro atoms. The summed E-state index contributed by atoms with van der Waals surface area (Å²) in [5.74, 6) is -0.241. The quantitative estimate of drug-likeness (QED) is 0.436. The van der Waals surface area contributed by atoms with Gasteiger partial charge in [-0.3, -0.25) is 24.3 Å². The van der Waals surface area contributed by atoms with E-state index in [-0.39, 0.29) is 16.7 Å². The molecule has 2 amide bonds. The van der Waals surface area contributed by atoms with Crippen LogP contribution in [0, 0.1) is 6.92 Å². The number of hydrogen-bond donors (Lipinski definition) is 1. The Bertz CT molecular complexity index is 1580. The number of amides is 2. The van der Waals surface area contributed by atoms with Crippen LogP contribution < -0.4 is 4.72 Å². The van der Waals surface area contributed by atoms with Gasteiger partial charge in [0.05, 0.1) is 11.2 Å². The van der Waals surface area contributed by atoms with E-state index >= 15 is 0 Å². The van der Waals surface area contributed by atoms with Gasteiger partial charge in [0.15, 0.2) is 0 Å². The summed E-state index contributed by atoms with van der Waals surface area (Å²) in [5, 5.41) is 0.727. The van der Waals surface area contributed by atoms with Crippen molar-refractivity contribution in [2.45, 2.75) is 11.8 Å². The second-order valence-electron chi connectivity index (χ2n) is 8.79. The highest BCUT2D eigenvalue weighted by Gasteiger charge is 2.26. The van der Waals surface area contributed by atoms with Gasteiger partial charge < -0.3 is 9.80 Å². The van der Waals surface area contributed by atoms with Crippen LogP contribution in [-0.2, 0) is 10.0 Å². The summed E-state index contributed by atoms with van der Waals surface area (Å²) in [4.78, 5) is 37.5. The minimum Gasteiger partial charge on any atom is -0.335 e. The number of benzene rings is 2. The Morgan fingerprint density at radius 3 is 2.14 bits per heavy atom. The molecule has 2 aromatic heterocycles. The fourth-order valence-corrected chi connectivity index (χ4v) is 5.69. The van der Waals surface area contributed by atoms with Gasteiger partial charge in [0, 0.05) is 61.3 Å². The highest BCUT2D eigenvalue weighted by atomic mass is 32.2. The molecule has 4 aromatic rings. The number of sulfonamides is 1. The van der Waals surface area contributed by atoms with E-state index in [1.807, 2.05) is 12.1 Å². The number of aromatic nitrogens is 2. The lowest BCUT2D eigenvalue weighted by molar-refractivity contribution is 0.0535. The number of fused-ring (bicyclic) bond motifs is 1. The minimum absolute atomic E-state index is 0.0802. The van der Waals surface area contributed by atoms with Crippen molar-refractivity contribution >= 4 is 38.4 Å². The van der Waals surface area contributed by atoms with Crippen LogP contribution in [0.25, 0.3) is 10.9 Å². The molecule has 1 N–H and O–H groups in total. The van der Waals surface area contributed by atoms with E-state index in [1.54, 1.807) is 77.8 Å². The minimum atomic E-state index is -3.90. The Morgan fingerprint density at radius 1 is 0.811 bits per heavy atom. The molecule has 3 heterocycles. The number of carbonyl (C=O) groups excluding carboxylic acids is 2. The van der Waals surface area contributed by atoms with Gasteiger partial charge in [-0.15, -0.1) is 0 Å². The lowest BCUT2D eigenvalue weighted by Gasteiger charge is -2.35. The van der Waals surface area contributed by atoms with Crippen molar-refractivity contribution in [1.29, 1.82) is 0 Å². The Labute approximate surface area is 214 Å². The van der Waals surface area contributed by atoms with Crippen molar-refractivity contribution in [3.63, 3.8) is 0 Å². The average molecular weight is 516 g/mol. The van der Waals surface area contributed by atoms with E-state index in [2.05, 4.69) is 14.7 Å². The van der Waals surface area contributed by atoms with Crippen LogP contribution >= 0.6 is 0 Å². The zero-order chi connectivity index (χ0) is 26.0. The number of piperazine rings is 1. The molecule has 1 fully saturated rings. The van der Waals surface area contributed by atoms with Gasteiger partial charge in [-0.05, 0) is 55.0 Å². The molecule has 1 aliphatic rings. The molecule has 0 bridgehead atoms. The molecule has 188 valence electrons. The Morgan fingerprint density at radius 2 is 1.46 bits per heavy atom. The Balaban J connectivity index is 1.27. The first-order valence-electron chi connectivity index (χ1n) is 11.8. The summed E-state index contributed by atoms with van der Waals surface area (Å²) in [6.07, 6.45) is 4.72. The van der Waals surface area contributed by atoms with Crippen LogP contribution in [0.15, 0.2) is 84.1 Å². The van der Waals surface area contributed by atoms with Crippen LogP contribution in [-0.4, -0.2) is 66.2 Å². The SMILES string of the molecule is Cc1cc(C(=O)N2CCN(C(=O)c3ccncc3)CC2)ccc1NS(=O)(=O)c1cccc2cccnc12. The molecule has 10 heteroatoms. The lowest BCUT2D eigenvalue weighted by atomic mass is 10.1. The molecule has 2 aromatic carbocycles. The average Bonchev–Trinajstić information content (AvgIpc) is 2.93. The first-order chi connectivity index (χ1) is 17.8. The third kappa shape index (κ3) is 5.01. The van der Waals surface area contributed by atoms with Gasteiger partial charge in [0.25, 0.3) is 21.8 Å². The fraction of sp³-hybridized carbons (Fsp3) is 0.185. The maximum absolute atomic E-state index is 13.2. The predicted molar refractivity (Wildman–Crippen MR) is 140 cm³/mol. The summed E-state index contributed by atoms with van der Waals surface area (Å²) in [7, 11) is -3.90. The lowest BCUT2D eigenvalue weighted by Crippen LogP contribution is -2.50. The summed E-state index contributed by atoms with van der Waals surface area (Å²) >= 11 is 0. The number of rotatable bonds is 5. The van der Waals surface area contributed by atoms with Crippen molar-refractivity contribution in [3.05, 3.63) is 95.9 Å². The van der Waals surface area contributed by atoms with Gasteiger partial charge >= 0.3 is 0 Å². The second kappa shape index (κ2) is 9.98. The summed E-state index contributed by atoms with van der Waals surface area (Å²) in [5.41, 5.74) is 2.43. The first-order valence-corrected chi connectivity index (χ1v) is 13.3. The molecule has 1 saturated heterocycles. The van der Waals surface area contributed by atoms with E-state index in [0.717, 1.165) is 5.39 Å². The number of anilines is 1. The number of aryl methyl sites for hydroxylation is 1. The van der Waals surface area contributed by atoms with Crippen molar-refractivity contribution in [2.24, 2.45) is 0 Å². The first kappa shape index (κ1) is 24.4. The molecule has 9 nitrogen and oxygen atoms in total. The van der Waals surface area contributed by atoms with E-state index in [9.17, 15) is 18.0 Å². The topological polar surface area (TPSA) is 113 Å². The molecule has 0 aliphatic carbocycles. The highest BCUT2D eigenvalue weighted by Crippen LogP contribution is 2.26. The van der Waals surface area contributed by atoms with Crippen LogP contribution in [0.2, 0.25) is 0 Å². The zero-order valence-electron chi connectivity index (χ0n) is 20.2. The number of hydrogen-bond acceptors (Lipinski definition) is 6. The van der Waals surface area contributed by atoms with E-state index in [1.165, 1.54) is 6.07 Å². The number of para-hydroxylation sites is 1.